The summed E-state index contributed by atoms with van der Waals surface area (Å²) in [5.74, 6) is 0.276. The van der Waals surface area contributed by atoms with Crippen LogP contribution in [0.1, 0.15) is 37.8 Å². The minimum atomic E-state index is -0.260. The van der Waals surface area contributed by atoms with Gasteiger partial charge in [-0.1, -0.05) is 6.07 Å². The van der Waals surface area contributed by atoms with Crippen LogP contribution in [-0.4, -0.2) is 13.7 Å². The molecule has 0 aromatic heterocycles. The van der Waals surface area contributed by atoms with Crippen molar-refractivity contribution in [3.8, 4) is 11.8 Å². The Kier molecular flexibility index (Phi) is 4.06. The fraction of sp³-hybridized carbons (Fsp3) is 0.533. The average Bonchev–Trinajstić information content (AvgIpc) is 3.16. The maximum atomic E-state index is 13.9. The predicted octanol–water partition coefficient (Wildman–Crippen LogP) is 3.18. The molecule has 102 valence electrons. The second-order valence-electron chi connectivity index (χ2n) is 5.32. The summed E-state index contributed by atoms with van der Waals surface area (Å²) in [4.78, 5) is 0. The van der Waals surface area contributed by atoms with Crippen molar-refractivity contribution in [1.29, 1.82) is 5.26 Å². The van der Waals surface area contributed by atoms with Crippen molar-refractivity contribution >= 4 is 0 Å². The number of nitrogens with one attached hydrogen (secondary N) is 1. The molecule has 2 rings (SSSR count). The Morgan fingerprint density at radius 3 is 2.79 bits per heavy atom. The number of nitriles is 1. The lowest BCUT2D eigenvalue weighted by Gasteiger charge is -2.15. The number of nitrogens with zero attached hydrogens (tertiary/aromatic N) is 1. The van der Waals surface area contributed by atoms with Crippen LogP contribution in [-0.2, 0) is 0 Å². The van der Waals surface area contributed by atoms with Gasteiger partial charge in [-0.3, -0.25) is 0 Å². The van der Waals surface area contributed by atoms with E-state index in [-0.39, 0.29) is 17.3 Å². The van der Waals surface area contributed by atoms with Crippen LogP contribution in [0.5, 0.6) is 5.75 Å². The number of hydrogen-bond donors (Lipinski definition) is 1. The number of halogens is 1. The molecule has 0 amide bonds. The van der Waals surface area contributed by atoms with Crippen LogP contribution in [0, 0.1) is 22.6 Å². The molecule has 1 aromatic carbocycles. The van der Waals surface area contributed by atoms with Gasteiger partial charge in [-0.15, -0.1) is 0 Å². The van der Waals surface area contributed by atoms with Crippen molar-refractivity contribution < 1.29 is 9.13 Å². The largest absolute Gasteiger partial charge is 0.493 e. The first kappa shape index (κ1) is 13.8. The molecule has 3 nitrogen and oxygen atoms in total. The summed E-state index contributed by atoms with van der Waals surface area (Å²) in [5.41, 5.74) is 0.648. The lowest BCUT2D eigenvalue weighted by Crippen LogP contribution is -2.15. The van der Waals surface area contributed by atoms with E-state index in [1.54, 1.807) is 19.2 Å². The maximum absolute atomic E-state index is 13.9. The number of hydrogen-bond acceptors (Lipinski definition) is 3. The molecule has 0 spiro atoms. The zero-order chi connectivity index (χ0) is 13.9. The second kappa shape index (κ2) is 5.58. The Labute approximate surface area is 113 Å². The van der Waals surface area contributed by atoms with Crippen molar-refractivity contribution in [2.24, 2.45) is 5.41 Å². The highest BCUT2D eigenvalue weighted by Gasteiger charge is 2.43. The lowest BCUT2D eigenvalue weighted by molar-refractivity contribution is 0.236. The topological polar surface area (TPSA) is 45.0 Å². The number of rotatable bonds is 6. The summed E-state index contributed by atoms with van der Waals surface area (Å²) in [5, 5.41) is 11.7. The molecule has 4 heteroatoms. The van der Waals surface area contributed by atoms with E-state index in [2.05, 4.69) is 11.4 Å². The fourth-order valence-electron chi connectivity index (χ4n) is 2.06. The minimum Gasteiger partial charge on any atom is -0.493 e. The molecule has 1 fully saturated rings. The molecular weight excluding hydrogens is 243 g/mol. The molecular formula is C15H19FN2O. The molecule has 1 N–H and O–H groups in total. The summed E-state index contributed by atoms with van der Waals surface area (Å²) in [7, 11) is 1.80. The first-order valence-corrected chi connectivity index (χ1v) is 6.57. The van der Waals surface area contributed by atoms with E-state index in [0.717, 1.165) is 12.8 Å². The molecule has 1 aliphatic rings. The predicted molar refractivity (Wildman–Crippen MR) is 71.3 cm³/mol. The van der Waals surface area contributed by atoms with Crippen molar-refractivity contribution in [3.63, 3.8) is 0 Å². The summed E-state index contributed by atoms with van der Waals surface area (Å²) in [6.45, 7) is 2.41. The molecule has 1 aliphatic carbocycles. The van der Waals surface area contributed by atoms with E-state index in [4.69, 9.17) is 10.00 Å². The zero-order valence-electron chi connectivity index (χ0n) is 11.4. The highest BCUT2D eigenvalue weighted by molar-refractivity contribution is 5.30. The Balaban J connectivity index is 1.99. The van der Waals surface area contributed by atoms with Crippen LogP contribution in [0.2, 0.25) is 0 Å². The van der Waals surface area contributed by atoms with Gasteiger partial charge >= 0.3 is 0 Å². The average molecular weight is 262 g/mol. The van der Waals surface area contributed by atoms with E-state index in [9.17, 15) is 4.39 Å². The highest BCUT2D eigenvalue weighted by atomic mass is 19.1. The molecule has 0 saturated heterocycles. The quantitative estimate of drug-likeness (QED) is 0.856. The van der Waals surface area contributed by atoms with Gasteiger partial charge < -0.3 is 10.1 Å². The zero-order valence-corrected chi connectivity index (χ0v) is 11.4. The molecule has 0 aliphatic heterocycles. The molecule has 1 atom stereocenters. The number of benzene rings is 1. The lowest BCUT2D eigenvalue weighted by atomic mass is 10.1. The minimum absolute atomic E-state index is 0.0160. The Morgan fingerprint density at radius 2 is 2.26 bits per heavy atom. The van der Waals surface area contributed by atoms with Crippen LogP contribution >= 0.6 is 0 Å². The molecule has 0 radical (unpaired) electrons. The SMILES string of the molecule is CNC(C)c1ccc(OCC2(CC#N)CC2)cc1F. The summed E-state index contributed by atoms with van der Waals surface area (Å²) < 4.78 is 19.5. The third-order valence-electron chi connectivity index (χ3n) is 3.83. The van der Waals surface area contributed by atoms with Crippen LogP contribution in [0.25, 0.3) is 0 Å². The van der Waals surface area contributed by atoms with E-state index in [1.165, 1.54) is 6.07 Å². The summed E-state index contributed by atoms with van der Waals surface area (Å²) >= 11 is 0. The molecule has 0 bridgehead atoms. The molecule has 1 aromatic rings. The van der Waals surface area contributed by atoms with Gasteiger partial charge in [0.1, 0.15) is 11.6 Å². The van der Waals surface area contributed by atoms with Crippen molar-refractivity contribution in [2.45, 2.75) is 32.2 Å². The molecule has 19 heavy (non-hydrogen) atoms. The van der Waals surface area contributed by atoms with E-state index < -0.39 is 0 Å². The van der Waals surface area contributed by atoms with Gasteiger partial charge in [-0.05, 0) is 32.9 Å². The van der Waals surface area contributed by atoms with Gasteiger partial charge in [0.05, 0.1) is 12.7 Å². The summed E-state index contributed by atoms with van der Waals surface area (Å²) in [6, 6.07) is 7.12. The van der Waals surface area contributed by atoms with E-state index >= 15 is 0 Å². The Bertz CT molecular complexity index is 491. The monoisotopic (exact) mass is 262 g/mol. The molecule has 0 heterocycles. The van der Waals surface area contributed by atoms with Gasteiger partial charge in [0.25, 0.3) is 0 Å². The third kappa shape index (κ3) is 3.24. The van der Waals surface area contributed by atoms with Gasteiger partial charge in [0.15, 0.2) is 0 Å². The van der Waals surface area contributed by atoms with Crippen LogP contribution < -0.4 is 10.1 Å². The van der Waals surface area contributed by atoms with Gasteiger partial charge in [-0.2, -0.15) is 5.26 Å². The molecule has 1 saturated carbocycles. The Morgan fingerprint density at radius 1 is 1.53 bits per heavy atom. The second-order valence-corrected chi connectivity index (χ2v) is 5.32. The van der Waals surface area contributed by atoms with Gasteiger partial charge in [-0.25, -0.2) is 4.39 Å². The van der Waals surface area contributed by atoms with Crippen molar-refractivity contribution in [3.05, 3.63) is 29.6 Å². The third-order valence-corrected chi connectivity index (χ3v) is 3.83. The van der Waals surface area contributed by atoms with E-state index in [1.807, 2.05) is 6.92 Å². The maximum Gasteiger partial charge on any atom is 0.131 e. The highest BCUT2D eigenvalue weighted by Crippen LogP contribution is 2.48. The van der Waals surface area contributed by atoms with E-state index in [0.29, 0.717) is 24.3 Å². The normalized spacial score (nSPS) is 17.6. The van der Waals surface area contributed by atoms with Crippen LogP contribution in [0.3, 0.4) is 0 Å². The van der Waals surface area contributed by atoms with Crippen LogP contribution in [0.4, 0.5) is 4.39 Å². The first-order valence-electron chi connectivity index (χ1n) is 6.57. The smallest absolute Gasteiger partial charge is 0.131 e. The van der Waals surface area contributed by atoms with Gasteiger partial charge in [0, 0.05) is 29.5 Å². The van der Waals surface area contributed by atoms with Gasteiger partial charge in [0.2, 0.25) is 0 Å². The van der Waals surface area contributed by atoms with Crippen molar-refractivity contribution in [1.82, 2.24) is 5.32 Å². The number of ether oxygens (including phenoxy) is 1. The first-order chi connectivity index (χ1) is 9.10. The fourth-order valence-corrected chi connectivity index (χ4v) is 2.06. The Hall–Kier alpha value is -1.60. The molecule has 1 unspecified atom stereocenters. The van der Waals surface area contributed by atoms with Crippen LogP contribution in [0.15, 0.2) is 18.2 Å². The van der Waals surface area contributed by atoms with Crippen molar-refractivity contribution in [2.75, 3.05) is 13.7 Å². The standard InChI is InChI=1S/C15H19FN2O/c1-11(18-2)13-4-3-12(9-14(13)16)19-10-15(5-6-15)7-8-17/h3-4,9,11,18H,5-7,10H2,1-2H3. The summed E-state index contributed by atoms with van der Waals surface area (Å²) in [6.07, 6.45) is 2.57.